The largest absolute Gasteiger partial charge is 0.491 e. The van der Waals surface area contributed by atoms with E-state index in [2.05, 4.69) is 22.4 Å². The fourth-order valence-corrected chi connectivity index (χ4v) is 2.57. The van der Waals surface area contributed by atoms with Gasteiger partial charge in [0.2, 0.25) is 5.13 Å². The van der Waals surface area contributed by atoms with Crippen LogP contribution in [-0.2, 0) is 16.0 Å². The summed E-state index contributed by atoms with van der Waals surface area (Å²) in [5.74, 6) is 0.575. The Balaban J connectivity index is 1.84. The van der Waals surface area contributed by atoms with Gasteiger partial charge in [0.25, 0.3) is 0 Å². The van der Waals surface area contributed by atoms with Gasteiger partial charge in [0.1, 0.15) is 5.75 Å². The van der Waals surface area contributed by atoms with Gasteiger partial charge in [0.05, 0.1) is 31.0 Å². The Morgan fingerprint density at radius 2 is 2.12 bits per heavy atom. The predicted molar refractivity (Wildman–Crippen MR) is 100 cm³/mol. The summed E-state index contributed by atoms with van der Waals surface area (Å²) in [5, 5.41) is 6.61. The third-order valence-corrected chi connectivity index (χ3v) is 4.14. The number of aromatic nitrogens is 1. The van der Waals surface area contributed by atoms with Gasteiger partial charge < -0.3 is 9.47 Å². The van der Waals surface area contributed by atoms with E-state index in [1.165, 1.54) is 11.3 Å². The highest BCUT2D eigenvalue weighted by molar-refractivity contribution is 7.13. The molecule has 1 atom stereocenters. The average Bonchev–Trinajstić information content (AvgIpc) is 3.03. The number of rotatable bonds is 9. The molecule has 0 saturated carbocycles. The number of esters is 1. The predicted octanol–water partition coefficient (Wildman–Crippen LogP) is 3.87. The summed E-state index contributed by atoms with van der Waals surface area (Å²) in [6.07, 6.45) is 3.06. The molecule has 25 heavy (non-hydrogen) atoms. The second-order valence-corrected chi connectivity index (χ2v) is 6.26. The molecule has 0 fully saturated rings. The fraction of sp³-hybridized carbons (Fsp3) is 0.389. The molecule has 0 radical (unpaired) electrons. The van der Waals surface area contributed by atoms with Crippen LogP contribution in [0.3, 0.4) is 0 Å². The van der Waals surface area contributed by atoms with E-state index >= 15 is 0 Å². The van der Waals surface area contributed by atoms with Crippen molar-refractivity contribution in [1.29, 1.82) is 0 Å². The SMILES string of the molecule is CCOC(=O)Cc1csc(NN=Cc2ccc(OC(C)CC)cc2)n1. The zero-order valence-electron chi connectivity index (χ0n) is 14.7. The van der Waals surface area contributed by atoms with E-state index in [0.29, 0.717) is 17.4 Å². The molecule has 2 aromatic rings. The molecule has 1 N–H and O–H groups in total. The first kappa shape index (κ1) is 18.9. The molecule has 0 aliphatic carbocycles. The quantitative estimate of drug-likeness (QED) is 0.417. The number of anilines is 1. The molecule has 2 rings (SSSR count). The molecular weight excluding hydrogens is 338 g/mol. The Morgan fingerprint density at radius 3 is 2.80 bits per heavy atom. The van der Waals surface area contributed by atoms with Crippen molar-refractivity contribution >= 4 is 28.7 Å². The van der Waals surface area contributed by atoms with Crippen LogP contribution in [0.25, 0.3) is 0 Å². The van der Waals surface area contributed by atoms with Crippen LogP contribution >= 0.6 is 11.3 Å². The Bertz CT molecular complexity index is 698. The van der Waals surface area contributed by atoms with Crippen LogP contribution in [0.15, 0.2) is 34.7 Å². The molecule has 0 saturated heterocycles. The summed E-state index contributed by atoms with van der Waals surface area (Å²) in [6, 6.07) is 7.73. The van der Waals surface area contributed by atoms with Crippen molar-refractivity contribution in [3.05, 3.63) is 40.9 Å². The van der Waals surface area contributed by atoms with E-state index in [-0.39, 0.29) is 18.5 Å². The number of nitrogens with zero attached hydrogens (tertiary/aromatic N) is 2. The van der Waals surface area contributed by atoms with Crippen LogP contribution in [0.1, 0.15) is 38.4 Å². The van der Waals surface area contributed by atoms with Crippen molar-refractivity contribution in [2.24, 2.45) is 5.10 Å². The van der Waals surface area contributed by atoms with Gasteiger partial charge in [0, 0.05) is 5.38 Å². The third-order valence-electron chi connectivity index (χ3n) is 3.35. The van der Waals surface area contributed by atoms with Crippen LogP contribution in [0.5, 0.6) is 5.75 Å². The lowest BCUT2D eigenvalue weighted by Crippen LogP contribution is -2.09. The maximum Gasteiger partial charge on any atom is 0.311 e. The molecule has 6 nitrogen and oxygen atoms in total. The summed E-state index contributed by atoms with van der Waals surface area (Å²) in [7, 11) is 0. The van der Waals surface area contributed by atoms with Gasteiger partial charge in [-0.1, -0.05) is 6.92 Å². The summed E-state index contributed by atoms with van der Waals surface area (Å²) in [5.41, 5.74) is 4.49. The van der Waals surface area contributed by atoms with Crippen molar-refractivity contribution in [2.75, 3.05) is 12.0 Å². The Morgan fingerprint density at radius 1 is 1.36 bits per heavy atom. The number of thiazole rings is 1. The first-order valence-corrected chi connectivity index (χ1v) is 9.14. The summed E-state index contributed by atoms with van der Waals surface area (Å²) in [4.78, 5) is 15.7. The standard InChI is InChI=1S/C18H23N3O3S/c1-4-13(3)24-16-8-6-14(7-9-16)11-19-21-18-20-15(12-25-18)10-17(22)23-5-2/h6-9,11-13H,4-5,10H2,1-3H3,(H,20,21). The highest BCUT2D eigenvalue weighted by Crippen LogP contribution is 2.17. The molecule has 0 bridgehead atoms. The third kappa shape index (κ3) is 6.54. The maximum absolute atomic E-state index is 11.4. The summed E-state index contributed by atoms with van der Waals surface area (Å²) < 4.78 is 10.6. The zero-order chi connectivity index (χ0) is 18.1. The molecule has 0 aliphatic heterocycles. The molecule has 1 aromatic heterocycles. The van der Waals surface area contributed by atoms with E-state index in [1.54, 1.807) is 13.1 Å². The number of hydrazone groups is 1. The monoisotopic (exact) mass is 361 g/mol. The lowest BCUT2D eigenvalue weighted by Gasteiger charge is -2.12. The normalized spacial score (nSPS) is 12.1. The number of carbonyl (C=O) groups is 1. The lowest BCUT2D eigenvalue weighted by molar-refractivity contribution is -0.142. The highest BCUT2D eigenvalue weighted by Gasteiger charge is 2.07. The molecule has 7 heteroatoms. The van der Waals surface area contributed by atoms with Crippen molar-refractivity contribution in [2.45, 2.75) is 39.7 Å². The molecule has 1 aromatic carbocycles. The minimum absolute atomic E-state index is 0.174. The highest BCUT2D eigenvalue weighted by atomic mass is 32.1. The first-order chi connectivity index (χ1) is 12.1. The minimum atomic E-state index is -0.275. The van der Waals surface area contributed by atoms with E-state index in [9.17, 15) is 4.79 Å². The van der Waals surface area contributed by atoms with Gasteiger partial charge in [-0.3, -0.25) is 10.2 Å². The number of carbonyl (C=O) groups excluding carboxylic acids is 1. The summed E-state index contributed by atoms with van der Waals surface area (Å²) >= 11 is 1.39. The zero-order valence-corrected chi connectivity index (χ0v) is 15.5. The number of benzene rings is 1. The van der Waals surface area contributed by atoms with E-state index in [4.69, 9.17) is 9.47 Å². The van der Waals surface area contributed by atoms with Crippen molar-refractivity contribution in [3.63, 3.8) is 0 Å². The number of nitrogens with one attached hydrogen (secondary N) is 1. The van der Waals surface area contributed by atoms with Crippen LogP contribution in [0.2, 0.25) is 0 Å². The first-order valence-electron chi connectivity index (χ1n) is 8.26. The lowest BCUT2D eigenvalue weighted by atomic mass is 10.2. The molecule has 1 unspecified atom stereocenters. The van der Waals surface area contributed by atoms with Crippen LogP contribution in [-0.4, -0.2) is 29.9 Å². The van der Waals surface area contributed by atoms with E-state index in [0.717, 1.165) is 17.7 Å². The number of hydrogen-bond acceptors (Lipinski definition) is 7. The van der Waals surface area contributed by atoms with Gasteiger partial charge in [-0.15, -0.1) is 11.3 Å². The average molecular weight is 361 g/mol. The van der Waals surface area contributed by atoms with E-state index in [1.807, 2.05) is 36.6 Å². The minimum Gasteiger partial charge on any atom is -0.491 e. The molecule has 0 amide bonds. The van der Waals surface area contributed by atoms with Gasteiger partial charge in [-0.25, -0.2) is 4.98 Å². The smallest absolute Gasteiger partial charge is 0.311 e. The molecule has 0 aliphatic rings. The van der Waals surface area contributed by atoms with Crippen LogP contribution in [0, 0.1) is 0 Å². The van der Waals surface area contributed by atoms with Crippen molar-refractivity contribution in [1.82, 2.24) is 4.98 Å². The van der Waals surface area contributed by atoms with Gasteiger partial charge in [0.15, 0.2) is 0 Å². The second-order valence-electron chi connectivity index (χ2n) is 5.40. The van der Waals surface area contributed by atoms with Crippen molar-refractivity contribution < 1.29 is 14.3 Å². The van der Waals surface area contributed by atoms with Gasteiger partial charge in [-0.2, -0.15) is 5.10 Å². The van der Waals surface area contributed by atoms with Gasteiger partial charge in [-0.05, 0) is 50.1 Å². The summed E-state index contributed by atoms with van der Waals surface area (Å²) in [6.45, 7) is 6.29. The molecule has 1 heterocycles. The maximum atomic E-state index is 11.4. The molecule has 0 spiro atoms. The van der Waals surface area contributed by atoms with E-state index < -0.39 is 0 Å². The topological polar surface area (TPSA) is 72.8 Å². The fourth-order valence-electron chi connectivity index (χ4n) is 1.91. The molecule has 134 valence electrons. The number of hydrogen-bond donors (Lipinski definition) is 1. The van der Waals surface area contributed by atoms with Crippen LogP contribution < -0.4 is 10.2 Å². The Kier molecular flexibility index (Phi) is 7.40. The number of ether oxygens (including phenoxy) is 2. The Hall–Kier alpha value is -2.41. The molecular formula is C18H23N3O3S. The van der Waals surface area contributed by atoms with Crippen molar-refractivity contribution in [3.8, 4) is 5.75 Å². The van der Waals surface area contributed by atoms with Gasteiger partial charge >= 0.3 is 5.97 Å². The Labute approximate surface area is 151 Å². The second kappa shape index (κ2) is 9.78. The van der Waals surface area contributed by atoms with Crippen LogP contribution in [0.4, 0.5) is 5.13 Å².